The van der Waals surface area contributed by atoms with Gasteiger partial charge in [0.25, 0.3) is 17.1 Å². The number of carbonyl (C=O) groups excluding carboxylic acids is 3. The summed E-state index contributed by atoms with van der Waals surface area (Å²) in [7, 11) is 0. The molecule has 3 amide bonds. The third kappa shape index (κ3) is 3.95. The molecule has 9 heteroatoms. The van der Waals surface area contributed by atoms with Crippen molar-refractivity contribution in [3.8, 4) is 11.5 Å². The number of carbonyl (C=O) groups is 3. The van der Waals surface area contributed by atoms with Crippen LogP contribution in [0.3, 0.4) is 0 Å². The van der Waals surface area contributed by atoms with E-state index in [1.807, 2.05) is 6.07 Å². The molecule has 0 spiro atoms. The predicted molar refractivity (Wildman–Crippen MR) is 133 cm³/mol. The second-order valence-corrected chi connectivity index (χ2v) is 9.71. The van der Waals surface area contributed by atoms with Crippen molar-refractivity contribution in [2.45, 2.75) is 25.7 Å². The fourth-order valence-electron chi connectivity index (χ4n) is 4.84. The molecule has 178 valence electrons. The highest BCUT2D eigenvalue weighted by atomic mass is 32.2. The van der Waals surface area contributed by atoms with E-state index in [0.29, 0.717) is 22.0 Å². The maximum absolute atomic E-state index is 12.9. The van der Waals surface area contributed by atoms with Crippen LogP contribution in [0, 0.1) is 0 Å². The molecular formula is C26H23N3O5S. The zero-order valence-corrected chi connectivity index (χ0v) is 19.7. The van der Waals surface area contributed by atoms with Crippen LogP contribution < -0.4 is 14.8 Å². The lowest BCUT2D eigenvalue weighted by molar-refractivity contribution is -0.122. The van der Waals surface area contributed by atoms with Gasteiger partial charge in [-0.3, -0.25) is 19.3 Å². The quantitative estimate of drug-likeness (QED) is 0.520. The van der Waals surface area contributed by atoms with Gasteiger partial charge in [0.05, 0.1) is 16.0 Å². The Bertz CT molecular complexity index is 1410. The van der Waals surface area contributed by atoms with E-state index in [0.717, 1.165) is 58.8 Å². The lowest BCUT2D eigenvalue weighted by Gasteiger charge is -2.13. The summed E-state index contributed by atoms with van der Waals surface area (Å²) in [5.41, 5.74) is 4.71. The van der Waals surface area contributed by atoms with E-state index in [1.54, 1.807) is 30.3 Å². The number of para-hydroxylation sites is 1. The molecule has 0 bridgehead atoms. The van der Waals surface area contributed by atoms with E-state index in [4.69, 9.17) is 9.47 Å². The molecule has 0 unspecified atom stereocenters. The molecule has 1 aromatic heterocycles. The molecule has 2 aliphatic heterocycles. The number of thioether (sulfide) groups is 1. The van der Waals surface area contributed by atoms with Gasteiger partial charge in [-0.1, -0.05) is 18.2 Å². The number of rotatable bonds is 5. The monoisotopic (exact) mass is 489 g/mol. The molecule has 35 heavy (non-hydrogen) atoms. The predicted octanol–water partition coefficient (Wildman–Crippen LogP) is 4.24. The Morgan fingerprint density at radius 3 is 2.89 bits per heavy atom. The Morgan fingerprint density at radius 2 is 1.97 bits per heavy atom. The molecule has 3 heterocycles. The van der Waals surface area contributed by atoms with Crippen LogP contribution in [0.4, 0.5) is 4.79 Å². The summed E-state index contributed by atoms with van der Waals surface area (Å²) in [6.07, 6.45) is 6.02. The van der Waals surface area contributed by atoms with Crippen LogP contribution in [0.1, 0.15) is 40.0 Å². The Balaban J connectivity index is 1.12. The number of imide groups is 1. The number of hydrogen-bond donors (Lipinski definition) is 2. The zero-order chi connectivity index (χ0) is 23.9. The number of fused-ring (bicyclic) bond motifs is 4. The van der Waals surface area contributed by atoms with Gasteiger partial charge in [-0.15, -0.1) is 0 Å². The smallest absolute Gasteiger partial charge is 0.293 e. The van der Waals surface area contributed by atoms with E-state index in [1.165, 1.54) is 11.3 Å². The van der Waals surface area contributed by atoms with Gasteiger partial charge in [0, 0.05) is 24.2 Å². The van der Waals surface area contributed by atoms with Crippen molar-refractivity contribution >= 4 is 45.8 Å². The summed E-state index contributed by atoms with van der Waals surface area (Å²) in [6, 6.07) is 11.1. The van der Waals surface area contributed by atoms with Crippen molar-refractivity contribution in [3.63, 3.8) is 0 Å². The van der Waals surface area contributed by atoms with Crippen molar-refractivity contribution in [2.24, 2.45) is 0 Å². The molecule has 0 saturated carbocycles. The molecule has 2 N–H and O–H groups in total. The lowest BCUT2D eigenvalue weighted by Crippen LogP contribution is -2.37. The summed E-state index contributed by atoms with van der Waals surface area (Å²) in [4.78, 5) is 43.2. The highest BCUT2D eigenvalue weighted by Gasteiger charge is 2.35. The van der Waals surface area contributed by atoms with Crippen molar-refractivity contribution < 1.29 is 23.9 Å². The largest absolute Gasteiger partial charge is 0.454 e. The molecule has 1 fully saturated rings. The van der Waals surface area contributed by atoms with E-state index in [-0.39, 0.29) is 36.9 Å². The Hall–Kier alpha value is -3.72. The molecule has 0 atom stereocenters. The average Bonchev–Trinajstić information content (AvgIpc) is 3.55. The highest BCUT2D eigenvalue weighted by Crippen LogP contribution is 2.36. The first kappa shape index (κ1) is 21.8. The summed E-state index contributed by atoms with van der Waals surface area (Å²) < 4.78 is 10.7. The maximum Gasteiger partial charge on any atom is 0.293 e. The van der Waals surface area contributed by atoms with Gasteiger partial charge in [0.2, 0.25) is 6.79 Å². The molecule has 1 aliphatic carbocycles. The first-order chi connectivity index (χ1) is 17.1. The second-order valence-electron chi connectivity index (χ2n) is 8.72. The number of amides is 3. The molecule has 1 saturated heterocycles. The van der Waals surface area contributed by atoms with Gasteiger partial charge < -0.3 is 19.8 Å². The van der Waals surface area contributed by atoms with Gasteiger partial charge in [-0.25, -0.2) is 0 Å². The van der Waals surface area contributed by atoms with E-state index in [9.17, 15) is 14.4 Å². The van der Waals surface area contributed by atoms with Gasteiger partial charge in [-0.2, -0.15) is 0 Å². The van der Waals surface area contributed by atoms with Crippen molar-refractivity contribution in [1.29, 1.82) is 0 Å². The average molecular weight is 490 g/mol. The third-order valence-corrected chi connectivity index (χ3v) is 7.47. The number of nitrogens with one attached hydrogen (secondary N) is 2. The Kier molecular flexibility index (Phi) is 5.49. The minimum atomic E-state index is -0.369. The number of H-pyrrole nitrogens is 1. The SMILES string of the molecule is O=C(NCCN1C(=O)S/C(=C\c2ccc3c(c2)OCO3)C1=O)c1cccc2c3c([nH]c12)CCCC3. The second kappa shape index (κ2) is 8.81. The van der Waals surface area contributed by atoms with Crippen molar-refractivity contribution in [1.82, 2.24) is 15.2 Å². The summed E-state index contributed by atoms with van der Waals surface area (Å²) in [6.45, 7) is 0.443. The summed E-state index contributed by atoms with van der Waals surface area (Å²) in [5.74, 6) is 0.669. The molecule has 3 aromatic rings. The standard InChI is InChI=1S/C26H23N3O5S/c30-24(18-6-3-5-17-16-4-1-2-7-19(16)28-23(17)18)27-10-11-29-25(31)22(35-26(29)32)13-15-8-9-20-21(12-15)34-14-33-20/h3,5-6,8-9,12-13,28H,1-2,4,7,10-11,14H2,(H,27,30)/b22-13-. The van der Waals surface area contributed by atoms with Gasteiger partial charge in [-0.05, 0) is 72.8 Å². The molecule has 3 aliphatic rings. The number of hydrogen-bond acceptors (Lipinski definition) is 6. The summed E-state index contributed by atoms with van der Waals surface area (Å²) >= 11 is 0.891. The zero-order valence-electron chi connectivity index (χ0n) is 18.9. The van der Waals surface area contributed by atoms with E-state index < -0.39 is 0 Å². The maximum atomic E-state index is 12.9. The Labute approximate surface area is 205 Å². The van der Waals surface area contributed by atoms with Crippen LogP contribution in [0.15, 0.2) is 41.3 Å². The summed E-state index contributed by atoms with van der Waals surface area (Å²) in [5, 5.41) is 3.62. The van der Waals surface area contributed by atoms with Crippen LogP contribution in [0.5, 0.6) is 11.5 Å². The lowest BCUT2D eigenvalue weighted by atomic mass is 9.95. The topological polar surface area (TPSA) is 101 Å². The highest BCUT2D eigenvalue weighted by molar-refractivity contribution is 8.18. The number of benzene rings is 2. The van der Waals surface area contributed by atoms with E-state index >= 15 is 0 Å². The normalized spacial score (nSPS) is 17.9. The third-order valence-electron chi connectivity index (χ3n) is 6.57. The molecular weight excluding hydrogens is 466 g/mol. The number of ether oxygens (including phenoxy) is 2. The van der Waals surface area contributed by atoms with Gasteiger partial charge >= 0.3 is 0 Å². The van der Waals surface area contributed by atoms with Gasteiger partial charge in [0.1, 0.15) is 0 Å². The first-order valence-corrected chi connectivity index (χ1v) is 12.5. The van der Waals surface area contributed by atoms with Crippen LogP contribution >= 0.6 is 11.8 Å². The van der Waals surface area contributed by atoms with Crippen molar-refractivity contribution in [2.75, 3.05) is 19.9 Å². The number of aromatic nitrogens is 1. The van der Waals surface area contributed by atoms with Crippen LogP contribution in [-0.2, 0) is 17.6 Å². The minimum absolute atomic E-state index is 0.103. The fourth-order valence-corrected chi connectivity index (χ4v) is 5.71. The molecule has 6 rings (SSSR count). The molecule has 2 aromatic carbocycles. The Morgan fingerprint density at radius 1 is 1.11 bits per heavy atom. The number of aromatic amines is 1. The van der Waals surface area contributed by atoms with Crippen molar-refractivity contribution in [3.05, 3.63) is 63.7 Å². The molecule has 0 radical (unpaired) electrons. The number of nitrogens with zero attached hydrogens (tertiary/aromatic N) is 1. The minimum Gasteiger partial charge on any atom is -0.454 e. The molecule has 8 nitrogen and oxygen atoms in total. The first-order valence-electron chi connectivity index (χ1n) is 11.6. The fraction of sp³-hybridized carbons (Fsp3) is 0.269. The van der Waals surface area contributed by atoms with Crippen LogP contribution in [-0.4, -0.2) is 46.8 Å². The number of aryl methyl sites for hydroxylation is 2. The van der Waals surface area contributed by atoms with E-state index in [2.05, 4.69) is 16.4 Å². The van der Waals surface area contributed by atoms with Gasteiger partial charge in [0.15, 0.2) is 11.5 Å². The van der Waals surface area contributed by atoms with Crippen LogP contribution in [0.25, 0.3) is 17.0 Å². The van der Waals surface area contributed by atoms with Crippen LogP contribution in [0.2, 0.25) is 0 Å².